The second-order valence-electron chi connectivity index (χ2n) is 8.57. The largest absolute Gasteiger partial charge is 0.463 e. The predicted molar refractivity (Wildman–Crippen MR) is 141 cm³/mol. The molecule has 0 spiro atoms. The zero-order chi connectivity index (χ0) is 27.9. The molecule has 0 fully saturated rings. The molecule has 0 aliphatic carbocycles. The molecule has 200 valence electrons. The number of alkyl halides is 3. The zero-order valence-corrected chi connectivity index (χ0v) is 22.2. The Morgan fingerprint density at radius 3 is 2.59 bits per heavy atom. The molecule has 11 heteroatoms. The highest BCUT2D eigenvalue weighted by atomic mass is 35.5. The molecule has 0 saturated heterocycles. The van der Waals surface area contributed by atoms with Crippen LogP contribution >= 0.6 is 22.9 Å². The van der Waals surface area contributed by atoms with Crippen molar-refractivity contribution >= 4 is 35.0 Å². The average molecular weight is 573 g/mol. The lowest BCUT2D eigenvalue weighted by Crippen LogP contribution is -2.40. The van der Waals surface area contributed by atoms with Gasteiger partial charge >= 0.3 is 12.1 Å². The van der Waals surface area contributed by atoms with Crippen molar-refractivity contribution in [2.45, 2.75) is 26.1 Å². The van der Waals surface area contributed by atoms with Crippen molar-refractivity contribution in [3.8, 4) is 11.3 Å². The van der Waals surface area contributed by atoms with Crippen LogP contribution in [0.3, 0.4) is 0 Å². The van der Waals surface area contributed by atoms with Crippen LogP contribution in [0.1, 0.15) is 36.8 Å². The summed E-state index contributed by atoms with van der Waals surface area (Å²) in [5, 5.41) is 0.354. The topological polar surface area (TPSA) is 73.8 Å². The summed E-state index contributed by atoms with van der Waals surface area (Å²) >= 11 is 7.56. The number of thiazole rings is 1. The van der Waals surface area contributed by atoms with Crippen LogP contribution in [0.2, 0.25) is 5.02 Å². The summed E-state index contributed by atoms with van der Waals surface area (Å²) in [6, 6.07) is 14.0. The maximum atomic E-state index is 13.7. The number of esters is 1. The number of hydrogen-bond donors (Lipinski definition) is 0. The van der Waals surface area contributed by atoms with Crippen LogP contribution < -0.4 is 14.9 Å². The van der Waals surface area contributed by atoms with E-state index in [9.17, 15) is 22.8 Å². The van der Waals surface area contributed by atoms with Crippen LogP contribution in [0, 0.1) is 0 Å². The number of benzene rings is 2. The van der Waals surface area contributed by atoms with Gasteiger partial charge in [-0.05, 0) is 43.7 Å². The Balaban J connectivity index is 1.65. The molecule has 0 bridgehead atoms. The molecule has 0 saturated carbocycles. The van der Waals surface area contributed by atoms with E-state index >= 15 is 0 Å². The molecule has 39 heavy (non-hydrogen) atoms. The first-order chi connectivity index (χ1) is 18.6. The minimum atomic E-state index is -4.56. The van der Waals surface area contributed by atoms with E-state index in [1.807, 2.05) is 0 Å². The van der Waals surface area contributed by atoms with Crippen molar-refractivity contribution in [1.29, 1.82) is 0 Å². The molecule has 1 aliphatic rings. The second-order valence-corrected chi connectivity index (χ2v) is 9.99. The number of fused-ring (bicyclic) bond motifs is 1. The van der Waals surface area contributed by atoms with Crippen LogP contribution in [-0.2, 0) is 15.7 Å². The number of furan rings is 1. The third-order valence-corrected chi connectivity index (χ3v) is 7.44. The molecule has 2 aromatic carbocycles. The lowest BCUT2D eigenvalue weighted by atomic mass is 9.96. The van der Waals surface area contributed by atoms with Gasteiger partial charge in [-0.15, -0.1) is 0 Å². The summed E-state index contributed by atoms with van der Waals surface area (Å²) in [5.74, 6) is -0.420. The van der Waals surface area contributed by atoms with Crippen LogP contribution in [0.15, 0.2) is 86.1 Å². The Morgan fingerprint density at radius 1 is 1.15 bits per heavy atom. The number of allylic oxidation sites excluding steroid dienone is 1. The summed E-state index contributed by atoms with van der Waals surface area (Å²) in [6.07, 6.45) is -3.12. The minimum absolute atomic E-state index is 0.0105. The molecule has 0 N–H and O–H groups in total. The van der Waals surface area contributed by atoms with E-state index in [0.717, 1.165) is 17.4 Å². The van der Waals surface area contributed by atoms with Crippen LogP contribution in [0.5, 0.6) is 0 Å². The smallest absolute Gasteiger partial charge is 0.417 e. The summed E-state index contributed by atoms with van der Waals surface area (Å²) in [5.41, 5.74) is -0.311. The minimum Gasteiger partial charge on any atom is -0.463 e. The Hall–Kier alpha value is -3.89. The quantitative estimate of drug-likeness (QED) is 0.286. The van der Waals surface area contributed by atoms with Gasteiger partial charge in [0.05, 0.1) is 28.0 Å². The SMILES string of the molecule is CCOC(=O)C1=C(C)N=c2s/c(=C\c3ccc(-c4ccccc4C(F)(F)F)o3)c(=O)n2[C@H]1c1ccccc1Cl. The van der Waals surface area contributed by atoms with Gasteiger partial charge in [0.25, 0.3) is 5.56 Å². The maximum absolute atomic E-state index is 13.7. The van der Waals surface area contributed by atoms with Gasteiger partial charge < -0.3 is 9.15 Å². The first kappa shape index (κ1) is 26.7. The number of rotatable bonds is 5. The lowest BCUT2D eigenvalue weighted by molar-refractivity contribution is -0.139. The van der Waals surface area contributed by atoms with E-state index in [-0.39, 0.29) is 33.8 Å². The normalized spacial score (nSPS) is 15.7. The highest BCUT2D eigenvalue weighted by Crippen LogP contribution is 2.38. The van der Waals surface area contributed by atoms with Gasteiger partial charge in [0.2, 0.25) is 0 Å². The van der Waals surface area contributed by atoms with Gasteiger partial charge in [-0.3, -0.25) is 9.36 Å². The number of halogens is 4. The van der Waals surface area contributed by atoms with Crippen molar-refractivity contribution in [2.24, 2.45) is 4.99 Å². The van der Waals surface area contributed by atoms with Gasteiger partial charge in [0.1, 0.15) is 17.6 Å². The van der Waals surface area contributed by atoms with Gasteiger partial charge in [-0.1, -0.05) is 59.3 Å². The number of carbonyl (C=O) groups is 1. The number of hydrogen-bond acceptors (Lipinski definition) is 6. The fraction of sp³-hybridized carbons (Fsp3) is 0.179. The summed E-state index contributed by atoms with van der Waals surface area (Å²) in [7, 11) is 0. The molecule has 6 nitrogen and oxygen atoms in total. The second kappa shape index (κ2) is 10.3. The maximum Gasteiger partial charge on any atom is 0.417 e. The Morgan fingerprint density at radius 2 is 1.87 bits per heavy atom. The molecular weight excluding hydrogens is 553 g/mol. The third kappa shape index (κ3) is 4.97. The Bertz CT molecular complexity index is 1800. The van der Waals surface area contributed by atoms with Crippen molar-refractivity contribution in [3.05, 3.63) is 114 Å². The first-order valence-corrected chi connectivity index (χ1v) is 13.0. The monoisotopic (exact) mass is 572 g/mol. The van der Waals surface area contributed by atoms with Gasteiger partial charge in [0.15, 0.2) is 4.80 Å². The van der Waals surface area contributed by atoms with Gasteiger partial charge in [-0.25, -0.2) is 9.79 Å². The van der Waals surface area contributed by atoms with E-state index in [4.69, 9.17) is 20.8 Å². The van der Waals surface area contributed by atoms with E-state index in [1.54, 1.807) is 38.1 Å². The number of ether oxygens (including phenoxy) is 1. The molecule has 1 atom stereocenters. The molecule has 5 rings (SSSR count). The summed E-state index contributed by atoms with van der Waals surface area (Å²) < 4.78 is 53.1. The van der Waals surface area contributed by atoms with Crippen molar-refractivity contribution in [2.75, 3.05) is 6.61 Å². The summed E-state index contributed by atoms with van der Waals surface area (Å²) in [4.78, 5) is 31.5. The zero-order valence-electron chi connectivity index (χ0n) is 20.6. The first-order valence-electron chi connectivity index (χ1n) is 11.8. The lowest BCUT2D eigenvalue weighted by Gasteiger charge is -2.25. The molecular formula is C28H20ClF3N2O4S. The van der Waals surface area contributed by atoms with Crippen molar-refractivity contribution in [3.63, 3.8) is 0 Å². The number of aromatic nitrogens is 1. The highest BCUT2D eigenvalue weighted by Gasteiger charge is 2.35. The standard InChI is InChI=1S/C28H20ClF3N2O4S/c1-3-37-26(36)23-15(2)33-27-34(24(23)18-9-5-7-11-20(18)29)25(35)22(39-27)14-16-12-13-21(38-16)17-8-4-6-10-19(17)28(30,31)32/h4-14,24H,3H2,1-2H3/b22-14-/t24-/m0/s1. The van der Waals surface area contributed by atoms with Crippen LogP contribution in [-0.4, -0.2) is 17.1 Å². The average Bonchev–Trinajstić information content (AvgIpc) is 3.47. The molecule has 1 aliphatic heterocycles. The number of carbonyl (C=O) groups excluding carboxylic acids is 1. The molecule has 0 radical (unpaired) electrons. The van der Waals surface area contributed by atoms with E-state index < -0.39 is 29.3 Å². The molecule has 0 unspecified atom stereocenters. The predicted octanol–water partition coefficient (Wildman–Crippen LogP) is 5.73. The van der Waals surface area contributed by atoms with Gasteiger partial charge in [0, 0.05) is 16.7 Å². The third-order valence-electron chi connectivity index (χ3n) is 6.11. The van der Waals surface area contributed by atoms with Crippen molar-refractivity contribution in [1.82, 2.24) is 4.57 Å². The fourth-order valence-corrected chi connectivity index (χ4v) is 5.70. The molecule has 3 heterocycles. The Labute approximate surface area is 228 Å². The van der Waals surface area contributed by atoms with Crippen LogP contribution in [0.25, 0.3) is 17.4 Å². The molecule has 2 aromatic heterocycles. The van der Waals surface area contributed by atoms with E-state index in [2.05, 4.69) is 4.99 Å². The number of nitrogens with zero attached hydrogens (tertiary/aromatic N) is 2. The van der Waals surface area contributed by atoms with Gasteiger partial charge in [-0.2, -0.15) is 13.2 Å². The Kier molecular flexibility index (Phi) is 7.09. The van der Waals surface area contributed by atoms with Crippen molar-refractivity contribution < 1.29 is 27.1 Å². The molecule has 4 aromatic rings. The highest BCUT2D eigenvalue weighted by molar-refractivity contribution is 7.07. The van der Waals surface area contributed by atoms with Crippen LogP contribution in [0.4, 0.5) is 13.2 Å². The fourth-order valence-electron chi connectivity index (χ4n) is 4.43. The summed E-state index contributed by atoms with van der Waals surface area (Å²) in [6.45, 7) is 3.47. The van der Waals surface area contributed by atoms with E-state index in [0.29, 0.717) is 21.1 Å². The van der Waals surface area contributed by atoms with E-state index in [1.165, 1.54) is 41.0 Å². The molecule has 0 amide bonds.